The molecule has 0 saturated carbocycles. The van der Waals surface area contributed by atoms with Crippen molar-refractivity contribution in [3.05, 3.63) is 29.8 Å². The Morgan fingerprint density at radius 1 is 1.10 bits per heavy atom. The number of amides is 3. The number of para-hydroxylation sites is 1. The minimum absolute atomic E-state index is 0.0414. The smallest absolute Gasteiger partial charge is 0.315 e. The molecule has 0 radical (unpaired) electrons. The largest absolute Gasteiger partial charge is 0.336 e. The molecule has 1 aromatic rings. The second kappa shape index (κ2) is 7.53. The van der Waals surface area contributed by atoms with E-state index in [4.69, 9.17) is 0 Å². The number of urea groups is 1. The zero-order valence-corrected chi connectivity index (χ0v) is 12.5. The summed E-state index contributed by atoms with van der Waals surface area (Å²) in [5.41, 5.74) is 1.87. The van der Waals surface area contributed by atoms with Crippen LogP contribution in [-0.2, 0) is 4.79 Å². The quantitative estimate of drug-likeness (QED) is 0.773. The predicted molar refractivity (Wildman–Crippen MR) is 80.8 cm³/mol. The zero-order valence-electron chi connectivity index (χ0n) is 12.5. The third-order valence-electron chi connectivity index (χ3n) is 2.69. The summed E-state index contributed by atoms with van der Waals surface area (Å²) >= 11 is 0. The van der Waals surface area contributed by atoms with E-state index in [-0.39, 0.29) is 24.5 Å². The molecule has 1 aromatic carbocycles. The van der Waals surface area contributed by atoms with Crippen molar-refractivity contribution in [2.75, 3.05) is 11.9 Å². The maximum Gasteiger partial charge on any atom is 0.315 e. The lowest BCUT2D eigenvalue weighted by Gasteiger charge is -2.14. The van der Waals surface area contributed by atoms with Gasteiger partial charge in [-0.15, -0.1) is 0 Å². The van der Waals surface area contributed by atoms with Gasteiger partial charge in [0.05, 0.1) is 6.54 Å². The predicted octanol–water partition coefficient (Wildman–Crippen LogP) is 2.46. The van der Waals surface area contributed by atoms with Crippen LogP contribution in [0.25, 0.3) is 0 Å². The Morgan fingerprint density at radius 3 is 2.35 bits per heavy atom. The molecule has 0 aliphatic heterocycles. The highest BCUT2D eigenvalue weighted by Crippen LogP contribution is 2.23. The molecule has 0 aliphatic carbocycles. The average Bonchev–Trinajstić information content (AvgIpc) is 2.36. The van der Waals surface area contributed by atoms with Gasteiger partial charge in [-0.2, -0.15) is 0 Å². The number of benzene rings is 1. The summed E-state index contributed by atoms with van der Waals surface area (Å²) in [5, 5.41) is 8.00. The van der Waals surface area contributed by atoms with Crippen molar-refractivity contribution in [2.24, 2.45) is 0 Å². The molecule has 0 heterocycles. The van der Waals surface area contributed by atoms with Gasteiger partial charge < -0.3 is 16.0 Å². The fraction of sp³-hybridized carbons (Fsp3) is 0.467. The molecule has 3 amide bonds. The van der Waals surface area contributed by atoms with Gasteiger partial charge >= 0.3 is 6.03 Å². The Labute approximate surface area is 120 Å². The van der Waals surface area contributed by atoms with E-state index >= 15 is 0 Å². The van der Waals surface area contributed by atoms with E-state index in [1.54, 1.807) is 0 Å². The maximum absolute atomic E-state index is 11.8. The Balaban J connectivity index is 2.53. The first-order valence-electron chi connectivity index (χ1n) is 6.83. The molecule has 0 fully saturated rings. The molecule has 0 saturated heterocycles. The topological polar surface area (TPSA) is 70.2 Å². The van der Waals surface area contributed by atoms with Crippen LogP contribution in [0, 0.1) is 0 Å². The summed E-state index contributed by atoms with van der Waals surface area (Å²) in [6, 6.07) is 7.37. The molecular formula is C15H23N3O2. The Kier molecular flexibility index (Phi) is 6.03. The molecule has 0 aromatic heterocycles. The van der Waals surface area contributed by atoms with Crippen molar-refractivity contribution in [3.8, 4) is 0 Å². The summed E-state index contributed by atoms with van der Waals surface area (Å²) in [6.07, 6.45) is 0. The number of hydrogen-bond donors (Lipinski definition) is 3. The van der Waals surface area contributed by atoms with Gasteiger partial charge in [0.2, 0.25) is 5.91 Å². The second-order valence-electron chi connectivity index (χ2n) is 5.27. The highest BCUT2D eigenvalue weighted by atomic mass is 16.2. The SMILES string of the molecule is CC(C)NC(=O)NCC(=O)Nc1ccccc1C(C)C. The van der Waals surface area contributed by atoms with Crippen LogP contribution < -0.4 is 16.0 Å². The fourth-order valence-corrected chi connectivity index (χ4v) is 1.78. The summed E-state index contributed by atoms with van der Waals surface area (Å²) in [6.45, 7) is 7.81. The molecule has 3 N–H and O–H groups in total. The van der Waals surface area contributed by atoms with Crippen LogP contribution in [0.2, 0.25) is 0 Å². The van der Waals surface area contributed by atoms with Gasteiger partial charge in [0.25, 0.3) is 0 Å². The highest BCUT2D eigenvalue weighted by molar-refractivity contribution is 5.95. The summed E-state index contributed by atoms with van der Waals surface area (Å²) < 4.78 is 0. The average molecular weight is 277 g/mol. The van der Waals surface area contributed by atoms with Gasteiger partial charge in [0, 0.05) is 11.7 Å². The van der Waals surface area contributed by atoms with Crippen molar-refractivity contribution >= 4 is 17.6 Å². The molecule has 1 rings (SSSR count). The minimum atomic E-state index is -0.340. The lowest BCUT2D eigenvalue weighted by Crippen LogP contribution is -2.42. The third-order valence-corrected chi connectivity index (χ3v) is 2.69. The minimum Gasteiger partial charge on any atom is -0.336 e. The van der Waals surface area contributed by atoms with Crippen LogP contribution in [0.1, 0.15) is 39.2 Å². The van der Waals surface area contributed by atoms with Crippen molar-refractivity contribution in [1.82, 2.24) is 10.6 Å². The van der Waals surface area contributed by atoms with Crippen LogP contribution in [0.3, 0.4) is 0 Å². The number of hydrogen-bond acceptors (Lipinski definition) is 2. The fourth-order valence-electron chi connectivity index (χ4n) is 1.78. The molecular weight excluding hydrogens is 254 g/mol. The van der Waals surface area contributed by atoms with Crippen LogP contribution in [0.15, 0.2) is 24.3 Å². The van der Waals surface area contributed by atoms with E-state index in [2.05, 4.69) is 29.8 Å². The number of carbonyl (C=O) groups is 2. The van der Waals surface area contributed by atoms with Crippen LogP contribution in [-0.4, -0.2) is 24.5 Å². The van der Waals surface area contributed by atoms with Gasteiger partial charge in [-0.1, -0.05) is 32.0 Å². The molecule has 0 aliphatic rings. The van der Waals surface area contributed by atoms with Gasteiger partial charge in [-0.05, 0) is 31.4 Å². The lowest BCUT2D eigenvalue weighted by atomic mass is 10.0. The van der Waals surface area contributed by atoms with E-state index in [1.165, 1.54) is 0 Å². The molecule has 110 valence electrons. The summed E-state index contributed by atoms with van der Waals surface area (Å²) in [5.74, 6) is 0.0840. The number of carbonyl (C=O) groups excluding carboxylic acids is 2. The van der Waals surface area contributed by atoms with E-state index < -0.39 is 0 Å². The first-order valence-corrected chi connectivity index (χ1v) is 6.83. The molecule has 0 atom stereocenters. The molecule has 5 heteroatoms. The molecule has 20 heavy (non-hydrogen) atoms. The van der Waals surface area contributed by atoms with Crippen LogP contribution in [0.5, 0.6) is 0 Å². The van der Waals surface area contributed by atoms with E-state index in [9.17, 15) is 9.59 Å². The van der Waals surface area contributed by atoms with Gasteiger partial charge in [0.15, 0.2) is 0 Å². The monoisotopic (exact) mass is 277 g/mol. The number of anilines is 1. The highest BCUT2D eigenvalue weighted by Gasteiger charge is 2.10. The van der Waals surface area contributed by atoms with Crippen LogP contribution in [0.4, 0.5) is 10.5 Å². The summed E-state index contributed by atoms with van der Waals surface area (Å²) in [4.78, 5) is 23.2. The molecule has 0 spiro atoms. The van der Waals surface area contributed by atoms with Gasteiger partial charge in [-0.25, -0.2) is 4.79 Å². The van der Waals surface area contributed by atoms with Crippen molar-refractivity contribution in [3.63, 3.8) is 0 Å². The van der Waals surface area contributed by atoms with E-state index in [1.807, 2.05) is 38.1 Å². The third kappa shape index (κ3) is 5.30. The number of rotatable bonds is 5. The zero-order chi connectivity index (χ0) is 15.1. The van der Waals surface area contributed by atoms with E-state index in [0.717, 1.165) is 11.3 Å². The maximum atomic E-state index is 11.8. The summed E-state index contributed by atoms with van der Waals surface area (Å²) in [7, 11) is 0. The first kappa shape index (κ1) is 16.0. The number of nitrogens with one attached hydrogen (secondary N) is 3. The first-order chi connectivity index (χ1) is 9.40. The van der Waals surface area contributed by atoms with E-state index in [0.29, 0.717) is 5.92 Å². The Bertz CT molecular complexity index is 470. The van der Waals surface area contributed by atoms with Gasteiger partial charge in [0.1, 0.15) is 0 Å². The lowest BCUT2D eigenvalue weighted by molar-refractivity contribution is -0.115. The normalized spacial score (nSPS) is 10.5. The van der Waals surface area contributed by atoms with Crippen molar-refractivity contribution in [2.45, 2.75) is 39.7 Å². The second-order valence-corrected chi connectivity index (χ2v) is 5.27. The van der Waals surface area contributed by atoms with Gasteiger partial charge in [-0.3, -0.25) is 4.79 Å². The van der Waals surface area contributed by atoms with Crippen LogP contribution >= 0.6 is 0 Å². The molecule has 5 nitrogen and oxygen atoms in total. The standard InChI is InChI=1S/C15H23N3O2/c1-10(2)12-7-5-6-8-13(12)18-14(19)9-16-15(20)17-11(3)4/h5-8,10-11H,9H2,1-4H3,(H,18,19)(H2,16,17,20). The Morgan fingerprint density at radius 2 is 1.75 bits per heavy atom. The van der Waals surface area contributed by atoms with Crippen molar-refractivity contribution in [1.29, 1.82) is 0 Å². The Hall–Kier alpha value is -2.04. The molecule has 0 unspecified atom stereocenters. The molecule has 0 bridgehead atoms. The van der Waals surface area contributed by atoms with Crippen molar-refractivity contribution < 1.29 is 9.59 Å².